The summed E-state index contributed by atoms with van der Waals surface area (Å²) in [7, 11) is -4.01. The van der Waals surface area contributed by atoms with Crippen molar-refractivity contribution in [1.29, 1.82) is 5.26 Å². The summed E-state index contributed by atoms with van der Waals surface area (Å²) < 4.78 is 52.1. The van der Waals surface area contributed by atoms with Crippen molar-refractivity contribution in [3.63, 3.8) is 0 Å². The summed E-state index contributed by atoms with van der Waals surface area (Å²) in [6, 6.07) is 9.44. The molecule has 0 radical (unpaired) electrons. The van der Waals surface area contributed by atoms with Gasteiger partial charge in [-0.3, -0.25) is 4.72 Å². The van der Waals surface area contributed by atoms with Gasteiger partial charge in [0.2, 0.25) is 0 Å². The van der Waals surface area contributed by atoms with E-state index in [4.69, 9.17) is 5.26 Å². The molecule has 0 fully saturated rings. The van der Waals surface area contributed by atoms with Crippen LogP contribution >= 0.6 is 0 Å². The van der Waals surface area contributed by atoms with Gasteiger partial charge in [0.1, 0.15) is 11.6 Å². The Morgan fingerprint density at radius 2 is 1.70 bits per heavy atom. The smallest absolute Gasteiger partial charge is 0.261 e. The molecule has 0 aliphatic heterocycles. The summed E-state index contributed by atoms with van der Waals surface area (Å²) in [6.45, 7) is 0. The Labute approximate surface area is 114 Å². The second-order valence-corrected chi connectivity index (χ2v) is 5.59. The Bertz CT molecular complexity index is 778. The first-order valence-corrected chi connectivity index (χ1v) is 6.88. The van der Waals surface area contributed by atoms with Crippen molar-refractivity contribution in [2.45, 2.75) is 4.90 Å². The predicted molar refractivity (Wildman–Crippen MR) is 68.3 cm³/mol. The lowest BCUT2D eigenvalue weighted by molar-refractivity contribution is 0.584. The van der Waals surface area contributed by atoms with Crippen molar-refractivity contribution in [2.24, 2.45) is 0 Å². The molecule has 102 valence electrons. The highest BCUT2D eigenvalue weighted by atomic mass is 32.2. The Kier molecular flexibility index (Phi) is 3.68. The molecule has 20 heavy (non-hydrogen) atoms. The van der Waals surface area contributed by atoms with Gasteiger partial charge in [-0.05, 0) is 30.3 Å². The maximum Gasteiger partial charge on any atom is 0.261 e. The predicted octanol–water partition coefficient (Wildman–Crippen LogP) is 2.64. The van der Waals surface area contributed by atoms with Gasteiger partial charge in [-0.2, -0.15) is 5.26 Å². The summed E-state index contributed by atoms with van der Waals surface area (Å²) in [6.07, 6.45) is 0. The quantitative estimate of drug-likeness (QED) is 0.946. The minimum absolute atomic E-state index is 0.165. The minimum atomic E-state index is -4.01. The van der Waals surface area contributed by atoms with Crippen LogP contribution in [-0.2, 0) is 10.0 Å². The Morgan fingerprint density at radius 1 is 1.05 bits per heavy atom. The van der Waals surface area contributed by atoms with Crippen LogP contribution in [0, 0.1) is 23.0 Å². The van der Waals surface area contributed by atoms with Crippen molar-refractivity contribution in [1.82, 2.24) is 0 Å². The van der Waals surface area contributed by atoms with E-state index in [-0.39, 0.29) is 16.1 Å². The van der Waals surface area contributed by atoms with Gasteiger partial charge in [-0.1, -0.05) is 6.07 Å². The molecule has 0 aliphatic carbocycles. The SMILES string of the molecule is N#Cc1cccc(S(=O)(=O)Nc2cc(F)cc(F)c2)c1. The number of rotatable bonds is 3. The molecule has 0 heterocycles. The van der Waals surface area contributed by atoms with Crippen molar-refractivity contribution in [3.8, 4) is 6.07 Å². The maximum absolute atomic E-state index is 13.0. The van der Waals surface area contributed by atoms with Crippen LogP contribution in [0.1, 0.15) is 5.56 Å². The zero-order valence-electron chi connectivity index (χ0n) is 9.97. The molecule has 2 rings (SSSR count). The normalized spacial score (nSPS) is 10.8. The fraction of sp³-hybridized carbons (Fsp3) is 0. The molecule has 2 aromatic carbocycles. The molecular formula is C13H8F2N2O2S. The average Bonchev–Trinajstić information content (AvgIpc) is 2.37. The standard InChI is InChI=1S/C13H8F2N2O2S/c14-10-5-11(15)7-12(6-10)17-20(18,19)13-3-1-2-9(4-13)8-16/h1-7,17H. The number of nitrogens with zero attached hydrogens (tertiary/aromatic N) is 1. The molecule has 0 spiro atoms. The Balaban J connectivity index is 2.38. The van der Waals surface area contributed by atoms with Crippen molar-refractivity contribution >= 4 is 15.7 Å². The second-order valence-electron chi connectivity index (χ2n) is 3.90. The highest BCUT2D eigenvalue weighted by Gasteiger charge is 2.15. The van der Waals surface area contributed by atoms with Crippen LogP contribution in [0.25, 0.3) is 0 Å². The van der Waals surface area contributed by atoms with Gasteiger partial charge >= 0.3 is 0 Å². The highest BCUT2D eigenvalue weighted by molar-refractivity contribution is 7.92. The van der Waals surface area contributed by atoms with E-state index in [1.54, 1.807) is 0 Å². The first-order valence-electron chi connectivity index (χ1n) is 5.40. The first-order chi connectivity index (χ1) is 9.40. The summed E-state index contributed by atoms with van der Waals surface area (Å²) in [5, 5.41) is 8.73. The fourth-order valence-corrected chi connectivity index (χ4v) is 2.65. The van der Waals surface area contributed by atoms with E-state index in [1.165, 1.54) is 18.2 Å². The Morgan fingerprint density at radius 3 is 2.30 bits per heavy atom. The van der Waals surface area contributed by atoms with Crippen molar-refractivity contribution in [3.05, 3.63) is 59.7 Å². The number of nitriles is 1. The van der Waals surface area contributed by atoms with Crippen molar-refractivity contribution < 1.29 is 17.2 Å². The molecule has 1 N–H and O–H groups in total. The van der Waals surface area contributed by atoms with Gasteiger partial charge in [0.15, 0.2) is 0 Å². The molecule has 0 saturated heterocycles. The molecule has 0 aromatic heterocycles. The van der Waals surface area contributed by atoms with Crippen LogP contribution < -0.4 is 4.72 Å². The number of hydrogen-bond acceptors (Lipinski definition) is 3. The van der Waals surface area contributed by atoms with Crippen LogP contribution in [0.4, 0.5) is 14.5 Å². The van der Waals surface area contributed by atoms with E-state index in [0.717, 1.165) is 18.2 Å². The zero-order chi connectivity index (χ0) is 14.8. The number of anilines is 1. The second kappa shape index (κ2) is 5.27. The van der Waals surface area contributed by atoms with Gasteiger partial charge in [0.25, 0.3) is 10.0 Å². The fourth-order valence-electron chi connectivity index (χ4n) is 1.56. The number of halogens is 2. The third-order valence-electron chi connectivity index (χ3n) is 2.39. The van der Waals surface area contributed by atoms with Gasteiger partial charge in [0.05, 0.1) is 22.2 Å². The largest absolute Gasteiger partial charge is 0.279 e. The van der Waals surface area contributed by atoms with E-state index >= 15 is 0 Å². The van der Waals surface area contributed by atoms with Crippen LogP contribution in [0.2, 0.25) is 0 Å². The average molecular weight is 294 g/mol. The van der Waals surface area contributed by atoms with Crippen molar-refractivity contribution in [2.75, 3.05) is 4.72 Å². The summed E-state index contributed by atoms with van der Waals surface area (Å²) >= 11 is 0. The monoisotopic (exact) mass is 294 g/mol. The van der Waals surface area contributed by atoms with Crippen LogP contribution in [0.5, 0.6) is 0 Å². The number of hydrogen-bond donors (Lipinski definition) is 1. The van der Waals surface area contributed by atoms with Crippen LogP contribution in [-0.4, -0.2) is 8.42 Å². The van der Waals surface area contributed by atoms with E-state index < -0.39 is 21.7 Å². The molecule has 2 aromatic rings. The van der Waals surface area contributed by atoms with E-state index in [9.17, 15) is 17.2 Å². The summed E-state index contributed by atoms with van der Waals surface area (Å²) in [5.41, 5.74) is -0.0665. The molecule has 4 nitrogen and oxygen atoms in total. The third kappa shape index (κ3) is 3.10. The van der Waals surface area contributed by atoms with E-state index in [1.807, 2.05) is 6.07 Å². The maximum atomic E-state index is 13.0. The third-order valence-corrected chi connectivity index (χ3v) is 3.77. The topological polar surface area (TPSA) is 70.0 Å². The van der Waals surface area contributed by atoms with E-state index in [0.29, 0.717) is 6.07 Å². The summed E-state index contributed by atoms with van der Waals surface area (Å²) in [5.74, 6) is -1.79. The first kappa shape index (κ1) is 14.0. The number of benzene rings is 2. The number of nitrogens with one attached hydrogen (secondary N) is 1. The van der Waals surface area contributed by atoms with Gasteiger partial charge in [0, 0.05) is 6.07 Å². The lowest BCUT2D eigenvalue weighted by atomic mass is 10.2. The van der Waals surface area contributed by atoms with Gasteiger partial charge in [-0.15, -0.1) is 0 Å². The lowest BCUT2D eigenvalue weighted by Gasteiger charge is -2.08. The molecule has 0 unspecified atom stereocenters. The molecule has 0 saturated carbocycles. The molecule has 0 atom stereocenters. The molecule has 0 bridgehead atoms. The van der Waals surface area contributed by atoms with E-state index in [2.05, 4.69) is 4.72 Å². The Hall–Kier alpha value is -2.46. The molecule has 0 aliphatic rings. The highest BCUT2D eigenvalue weighted by Crippen LogP contribution is 2.19. The number of sulfonamides is 1. The zero-order valence-corrected chi connectivity index (χ0v) is 10.8. The van der Waals surface area contributed by atoms with Crippen LogP contribution in [0.3, 0.4) is 0 Å². The van der Waals surface area contributed by atoms with Crippen LogP contribution in [0.15, 0.2) is 47.4 Å². The van der Waals surface area contributed by atoms with Gasteiger partial charge in [-0.25, -0.2) is 17.2 Å². The minimum Gasteiger partial charge on any atom is -0.279 e. The van der Waals surface area contributed by atoms with Gasteiger partial charge < -0.3 is 0 Å². The molecular weight excluding hydrogens is 286 g/mol. The summed E-state index contributed by atoms with van der Waals surface area (Å²) in [4.78, 5) is -0.166. The molecule has 0 amide bonds. The lowest BCUT2D eigenvalue weighted by Crippen LogP contribution is -2.13. The molecule has 7 heteroatoms.